The first-order valence-corrected chi connectivity index (χ1v) is 20.5. The highest BCUT2D eigenvalue weighted by atomic mass is 16.7. The van der Waals surface area contributed by atoms with Gasteiger partial charge in [0, 0.05) is 55.0 Å². The third-order valence-corrected chi connectivity index (χ3v) is 12.5. The van der Waals surface area contributed by atoms with Gasteiger partial charge in [-0.25, -0.2) is 9.78 Å². The number of rotatable bonds is 10. The molecule has 3 saturated heterocycles. The number of hydrogen-bond acceptors (Lipinski definition) is 12. The molecule has 14 heteroatoms. The Hall–Kier alpha value is -4.01. The first-order valence-electron chi connectivity index (χ1n) is 20.5. The Kier molecular flexibility index (Phi) is 13.8. The smallest absolute Gasteiger partial charge is 0.411 e. The van der Waals surface area contributed by atoms with Crippen molar-refractivity contribution in [2.24, 2.45) is 35.0 Å². The lowest BCUT2D eigenvalue weighted by Crippen LogP contribution is -2.63. The lowest BCUT2D eigenvalue weighted by Gasteiger charge is -2.45. The lowest BCUT2D eigenvalue weighted by atomic mass is 9.68. The van der Waals surface area contributed by atoms with Crippen molar-refractivity contribution in [1.82, 2.24) is 19.4 Å². The van der Waals surface area contributed by atoms with Crippen molar-refractivity contribution in [2.75, 3.05) is 6.54 Å². The van der Waals surface area contributed by atoms with Crippen LogP contribution in [0.4, 0.5) is 4.79 Å². The van der Waals surface area contributed by atoms with Crippen LogP contribution in [0, 0.1) is 35.0 Å². The molecule has 2 aromatic heterocycles. The molecular formula is C43H62N4O10. The molecule has 0 bridgehead atoms. The number of esters is 1. The zero-order valence-electron chi connectivity index (χ0n) is 35.2. The quantitative estimate of drug-likeness (QED) is 0.173. The summed E-state index contributed by atoms with van der Waals surface area (Å²) < 4.78 is 26.7. The van der Waals surface area contributed by atoms with Gasteiger partial charge in [-0.2, -0.15) is 0 Å². The fourth-order valence-electron chi connectivity index (χ4n) is 9.48. The van der Waals surface area contributed by atoms with Crippen LogP contribution >= 0.6 is 0 Å². The molecule has 5 heterocycles. The number of nitrogens with zero attached hydrogens (tertiary/aromatic N) is 4. The monoisotopic (exact) mass is 794 g/mol. The van der Waals surface area contributed by atoms with Crippen LogP contribution in [0.5, 0.6) is 0 Å². The van der Waals surface area contributed by atoms with Crippen LogP contribution in [0.1, 0.15) is 101 Å². The van der Waals surface area contributed by atoms with Gasteiger partial charge in [-0.3, -0.25) is 29.1 Å². The molecule has 0 aromatic carbocycles. The number of Topliss-reactive ketones (excluding diaryl/α,β-unsaturated/α-hetero) is 3. The number of unbranched alkanes of at least 4 members (excludes halogenated alkanes) is 1. The topological polar surface area (TPSA) is 176 Å². The van der Waals surface area contributed by atoms with Crippen LogP contribution in [-0.2, 0) is 44.7 Å². The molecular weight excluding hydrogens is 732 g/mol. The Morgan fingerprint density at radius 3 is 2.37 bits per heavy atom. The molecule has 14 nitrogen and oxygen atoms in total. The SMILES string of the molecule is CC[C@H]1OC(=O)[C@H](C)C(=O)[C@H](C)[C@@H](OC2O[C@H](C)C[C@H](C)[C@H]2O)C(C)(C)C[C@@H](C)C(=O)[C@H](C)[C@H]2N(CCCCn3cnc(-c4cccnc4)c3)C(=O)O[C@]12C(C)=O. The number of fused-ring (bicyclic) bond motifs is 1. The van der Waals surface area contributed by atoms with Crippen LogP contribution < -0.4 is 0 Å². The Morgan fingerprint density at radius 1 is 1.02 bits per heavy atom. The van der Waals surface area contributed by atoms with Crippen LogP contribution in [-0.4, -0.2) is 103 Å². The zero-order valence-corrected chi connectivity index (χ0v) is 35.2. The van der Waals surface area contributed by atoms with E-state index in [2.05, 4.69) is 9.97 Å². The van der Waals surface area contributed by atoms with Gasteiger partial charge in [0.25, 0.3) is 0 Å². The molecule has 314 valence electrons. The van der Waals surface area contributed by atoms with Crippen molar-refractivity contribution in [3.05, 3.63) is 37.1 Å². The van der Waals surface area contributed by atoms with Gasteiger partial charge in [-0.1, -0.05) is 48.5 Å². The molecule has 5 rings (SSSR count). The molecule has 1 N–H and O–H groups in total. The number of carbonyl (C=O) groups excluding carboxylic acids is 5. The summed E-state index contributed by atoms with van der Waals surface area (Å²) in [5.41, 5.74) is -1.18. The first kappa shape index (κ1) is 44.1. The van der Waals surface area contributed by atoms with E-state index in [-0.39, 0.29) is 37.2 Å². The van der Waals surface area contributed by atoms with Crippen LogP contribution in [0.25, 0.3) is 11.3 Å². The summed E-state index contributed by atoms with van der Waals surface area (Å²) in [7, 11) is 0. The third-order valence-electron chi connectivity index (χ3n) is 12.5. The predicted molar refractivity (Wildman–Crippen MR) is 209 cm³/mol. The van der Waals surface area contributed by atoms with E-state index in [0.29, 0.717) is 25.8 Å². The number of aryl methyl sites for hydroxylation is 1. The Labute approximate surface area is 336 Å². The summed E-state index contributed by atoms with van der Waals surface area (Å²) in [4.78, 5) is 80.9. The second-order valence-electron chi connectivity index (χ2n) is 17.4. The van der Waals surface area contributed by atoms with E-state index >= 15 is 0 Å². The van der Waals surface area contributed by atoms with Gasteiger partial charge < -0.3 is 28.6 Å². The van der Waals surface area contributed by atoms with E-state index in [4.69, 9.17) is 18.9 Å². The fourth-order valence-corrected chi connectivity index (χ4v) is 9.48. The lowest BCUT2D eigenvalue weighted by molar-refractivity contribution is -0.284. The molecule has 3 fully saturated rings. The number of imidazole rings is 1. The second-order valence-corrected chi connectivity index (χ2v) is 17.4. The van der Waals surface area contributed by atoms with Crippen LogP contribution in [0.3, 0.4) is 0 Å². The van der Waals surface area contributed by atoms with E-state index < -0.39 is 89.0 Å². The molecule has 57 heavy (non-hydrogen) atoms. The Morgan fingerprint density at radius 2 is 1.72 bits per heavy atom. The van der Waals surface area contributed by atoms with Crippen molar-refractivity contribution in [3.8, 4) is 11.3 Å². The molecule has 0 spiro atoms. The highest BCUT2D eigenvalue weighted by Gasteiger charge is 2.65. The predicted octanol–water partition coefficient (Wildman–Crippen LogP) is 5.83. The summed E-state index contributed by atoms with van der Waals surface area (Å²) in [5, 5.41) is 11.1. The molecule has 0 radical (unpaired) electrons. The third kappa shape index (κ3) is 9.02. The number of carbonyl (C=O) groups is 5. The van der Waals surface area contributed by atoms with Gasteiger partial charge in [0.2, 0.25) is 5.60 Å². The number of pyridine rings is 1. The first-order chi connectivity index (χ1) is 26.8. The minimum atomic E-state index is -2.00. The van der Waals surface area contributed by atoms with Crippen molar-refractivity contribution in [2.45, 2.75) is 150 Å². The standard InChI is InChI=1S/C43H62N4O10/c1-11-33-43(30(8)48)37(47(41(53)57-43)18-13-12-17-46-22-32(45-23-46)31-15-14-16-44-21-31)27(5)34(49)25(3)20-42(9,10)38(28(6)36(51)29(7)39(52)55-33)56-40-35(50)24(2)19-26(4)54-40/h14-16,21-29,33,35,37-38,40,50H,11-13,17-20H2,1-10H3/t24-,25+,26+,27-,28-,29+,33+,35+,37+,38+,40?,43+/m0/s1. The van der Waals surface area contributed by atoms with Crippen LogP contribution in [0.2, 0.25) is 0 Å². The van der Waals surface area contributed by atoms with Gasteiger partial charge in [0.05, 0.1) is 30.3 Å². The zero-order chi connectivity index (χ0) is 42.0. The van der Waals surface area contributed by atoms with E-state index in [1.807, 2.05) is 50.6 Å². The van der Waals surface area contributed by atoms with Gasteiger partial charge in [0.1, 0.15) is 17.8 Å². The minimum Gasteiger partial charge on any atom is -0.457 e. The van der Waals surface area contributed by atoms with E-state index in [1.54, 1.807) is 46.4 Å². The Balaban J connectivity index is 1.46. The highest BCUT2D eigenvalue weighted by Crippen LogP contribution is 2.45. The molecule has 2 aromatic rings. The van der Waals surface area contributed by atoms with Gasteiger partial charge in [0.15, 0.2) is 24.0 Å². The molecule has 0 saturated carbocycles. The number of aromatic nitrogens is 3. The van der Waals surface area contributed by atoms with Crippen molar-refractivity contribution < 1.29 is 48.0 Å². The summed E-state index contributed by atoms with van der Waals surface area (Å²) >= 11 is 0. The van der Waals surface area contributed by atoms with Gasteiger partial charge in [-0.05, 0) is 76.3 Å². The average Bonchev–Trinajstić information content (AvgIpc) is 3.77. The maximum absolute atomic E-state index is 14.7. The summed E-state index contributed by atoms with van der Waals surface area (Å²) in [6.45, 7) is 18.0. The van der Waals surface area contributed by atoms with Gasteiger partial charge >= 0.3 is 12.1 Å². The van der Waals surface area contributed by atoms with E-state index in [1.165, 1.54) is 18.7 Å². The van der Waals surface area contributed by atoms with Crippen molar-refractivity contribution in [1.29, 1.82) is 0 Å². The fraction of sp³-hybridized carbons (Fsp3) is 0.698. The molecule has 12 atom stereocenters. The molecule has 0 aliphatic carbocycles. The van der Waals surface area contributed by atoms with E-state index in [9.17, 15) is 29.1 Å². The van der Waals surface area contributed by atoms with E-state index in [0.717, 1.165) is 11.3 Å². The highest BCUT2D eigenvalue weighted by molar-refractivity contribution is 6.00. The molecule has 1 amide bonds. The maximum Gasteiger partial charge on any atom is 0.411 e. The number of ketones is 3. The Bertz CT molecular complexity index is 1760. The summed E-state index contributed by atoms with van der Waals surface area (Å²) in [5.74, 6) is -5.94. The minimum absolute atomic E-state index is 0.0712. The molecule has 3 aliphatic heterocycles. The number of aliphatic hydroxyl groups is 1. The van der Waals surface area contributed by atoms with Crippen molar-refractivity contribution >= 4 is 29.4 Å². The summed E-state index contributed by atoms with van der Waals surface area (Å²) in [6.07, 6.45) is 4.13. The average molecular weight is 795 g/mol. The van der Waals surface area contributed by atoms with Crippen LogP contribution in [0.15, 0.2) is 37.1 Å². The van der Waals surface area contributed by atoms with Gasteiger partial charge in [-0.15, -0.1) is 0 Å². The number of cyclic esters (lactones) is 1. The maximum atomic E-state index is 14.7. The largest absolute Gasteiger partial charge is 0.457 e. The number of hydrogen-bond donors (Lipinski definition) is 1. The molecule has 1 unspecified atom stereocenters. The summed E-state index contributed by atoms with van der Waals surface area (Å²) in [6, 6.07) is 2.68. The number of amides is 1. The number of ether oxygens (including phenoxy) is 4. The number of aliphatic hydroxyl groups excluding tert-OH is 1. The second kappa shape index (κ2) is 17.9. The normalized spacial score (nSPS) is 35.3. The van der Waals surface area contributed by atoms with Crippen molar-refractivity contribution in [3.63, 3.8) is 0 Å². The molecule has 3 aliphatic rings.